The quantitative estimate of drug-likeness (QED) is 0.613. The Hall–Kier alpha value is -0.0800. The fourth-order valence-corrected chi connectivity index (χ4v) is 1.95. The molecule has 0 spiro atoms. The standard InChI is InChI=1S/C8H14O2/c9-4-7-3-8(7)6-1-2-10-5-6/h6-9H,1-5H2/t6-,7+,8+/m1/s1. The van der Waals surface area contributed by atoms with Gasteiger partial charge in [0.1, 0.15) is 0 Å². The molecule has 10 heavy (non-hydrogen) atoms. The van der Waals surface area contributed by atoms with Crippen LogP contribution in [0.2, 0.25) is 0 Å². The average molecular weight is 142 g/mol. The monoisotopic (exact) mass is 142 g/mol. The molecule has 1 heterocycles. The minimum Gasteiger partial charge on any atom is -0.396 e. The molecule has 0 unspecified atom stereocenters. The second-order valence-corrected chi connectivity index (χ2v) is 3.47. The molecular weight excluding hydrogens is 128 g/mol. The molecule has 2 heteroatoms. The zero-order valence-electron chi connectivity index (χ0n) is 6.12. The summed E-state index contributed by atoms with van der Waals surface area (Å²) in [6.07, 6.45) is 2.46. The summed E-state index contributed by atoms with van der Waals surface area (Å²) in [5.74, 6) is 2.19. The molecule has 1 saturated heterocycles. The zero-order valence-corrected chi connectivity index (χ0v) is 6.12. The highest BCUT2D eigenvalue weighted by Gasteiger charge is 2.43. The van der Waals surface area contributed by atoms with Crippen LogP contribution in [0.1, 0.15) is 12.8 Å². The van der Waals surface area contributed by atoms with Gasteiger partial charge in [-0.25, -0.2) is 0 Å². The molecule has 1 saturated carbocycles. The van der Waals surface area contributed by atoms with Crippen molar-refractivity contribution in [1.29, 1.82) is 0 Å². The highest BCUT2D eigenvalue weighted by molar-refractivity contribution is 4.91. The topological polar surface area (TPSA) is 29.5 Å². The van der Waals surface area contributed by atoms with Gasteiger partial charge in [-0.1, -0.05) is 0 Å². The summed E-state index contributed by atoms with van der Waals surface area (Å²) in [5.41, 5.74) is 0. The van der Waals surface area contributed by atoms with Gasteiger partial charge in [0.25, 0.3) is 0 Å². The third kappa shape index (κ3) is 1.06. The molecule has 0 aromatic rings. The Bertz CT molecular complexity index is 118. The van der Waals surface area contributed by atoms with Gasteiger partial charge in [-0.3, -0.25) is 0 Å². The number of hydrogen-bond donors (Lipinski definition) is 1. The van der Waals surface area contributed by atoms with Crippen molar-refractivity contribution in [3.63, 3.8) is 0 Å². The largest absolute Gasteiger partial charge is 0.396 e. The van der Waals surface area contributed by atoms with E-state index in [0.717, 1.165) is 25.0 Å². The Morgan fingerprint density at radius 1 is 1.50 bits per heavy atom. The Balaban J connectivity index is 1.79. The van der Waals surface area contributed by atoms with E-state index in [4.69, 9.17) is 9.84 Å². The van der Waals surface area contributed by atoms with Crippen LogP contribution in [-0.4, -0.2) is 24.9 Å². The van der Waals surface area contributed by atoms with Crippen molar-refractivity contribution >= 4 is 0 Å². The Morgan fingerprint density at radius 2 is 2.40 bits per heavy atom. The van der Waals surface area contributed by atoms with E-state index in [1.165, 1.54) is 12.8 Å². The van der Waals surface area contributed by atoms with Gasteiger partial charge >= 0.3 is 0 Å². The Labute approximate surface area is 61.2 Å². The lowest BCUT2D eigenvalue weighted by molar-refractivity contribution is 0.178. The van der Waals surface area contributed by atoms with Gasteiger partial charge in [0, 0.05) is 19.8 Å². The van der Waals surface area contributed by atoms with Crippen LogP contribution in [0.3, 0.4) is 0 Å². The first-order valence-corrected chi connectivity index (χ1v) is 4.10. The summed E-state index contributed by atoms with van der Waals surface area (Å²) in [4.78, 5) is 0. The molecule has 3 atom stereocenters. The van der Waals surface area contributed by atoms with Gasteiger partial charge in [-0.15, -0.1) is 0 Å². The van der Waals surface area contributed by atoms with Crippen molar-refractivity contribution in [3.8, 4) is 0 Å². The lowest BCUT2D eigenvalue weighted by atomic mass is 10.0. The van der Waals surface area contributed by atoms with Crippen molar-refractivity contribution in [1.82, 2.24) is 0 Å². The summed E-state index contributed by atoms with van der Waals surface area (Å²) in [6, 6.07) is 0. The fourth-order valence-electron chi connectivity index (χ4n) is 1.95. The van der Waals surface area contributed by atoms with E-state index in [-0.39, 0.29) is 0 Å². The van der Waals surface area contributed by atoms with E-state index in [9.17, 15) is 0 Å². The van der Waals surface area contributed by atoms with Gasteiger partial charge in [-0.05, 0) is 30.6 Å². The normalized spacial score (nSPS) is 45.9. The van der Waals surface area contributed by atoms with Crippen molar-refractivity contribution in [3.05, 3.63) is 0 Å². The Morgan fingerprint density at radius 3 is 2.90 bits per heavy atom. The van der Waals surface area contributed by atoms with Crippen LogP contribution in [0.5, 0.6) is 0 Å². The minimum absolute atomic E-state index is 0.390. The maximum Gasteiger partial charge on any atom is 0.0497 e. The van der Waals surface area contributed by atoms with E-state index in [1.54, 1.807) is 0 Å². The molecular formula is C8H14O2. The number of aliphatic hydroxyl groups is 1. The van der Waals surface area contributed by atoms with Gasteiger partial charge in [0.05, 0.1) is 0 Å². The van der Waals surface area contributed by atoms with E-state index in [1.807, 2.05) is 0 Å². The molecule has 2 nitrogen and oxygen atoms in total. The first-order chi connectivity index (χ1) is 4.92. The summed E-state index contributed by atoms with van der Waals surface area (Å²) < 4.78 is 5.27. The molecule has 2 aliphatic rings. The first kappa shape index (κ1) is 6.62. The third-order valence-electron chi connectivity index (χ3n) is 2.78. The molecule has 0 bridgehead atoms. The minimum atomic E-state index is 0.390. The number of aliphatic hydroxyl groups excluding tert-OH is 1. The summed E-state index contributed by atoms with van der Waals surface area (Å²) in [6.45, 7) is 2.28. The van der Waals surface area contributed by atoms with E-state index in [0.29, 0.717) is 12.5 Å². The fraction of sp³-hybridized carbons (Fsp3) is 1.00. The molecule has 58 valence electrons. The van der Waals surface area contributed by atoms with Crippen molar-refractivity contribution in [2.24, 2.45) is 17.8 Å². The summed E-state index contributed by atoms with van der Waals surface area (Å²) in [5, 5.41) is 8.80. The second kappa shape index (κ2) is 2.51. The zero-order chi connectivity index (χ0) is 6.97. The van der Waals surface area contributed by atoms with Crippen molar-refractivity contribution < 1.29 is 9.84 Å². The highest BCUT2D eigenvalue weighted by Crippen LogP contribution is 2.46. The SMILES string of the molecule is OC[C@@H]1C[C@H]1[C@@H]1CCOC1. The van der Waals surface area contributed by atoms with Crippen LogP contribution in [0, 0.1) is 17.8 Å². The lowest BCUT2D eigenvalue weighted by Crippen LogP contribution is -2.04. The van der Waals surface area contributed by atoms with Gasteiger partial charge in [-0.2, -0.15) is 0 Å². The maximum absolute atomic E-state index is 8.80. The predicted octanol–water partition coefficient (Wildman–Crippen LogP) is 0.651. The summed E-state index contributed by atoms with van der Waals surface area (Å²) in [7, 11) is 0. The second-order valence-electron chi connectivity index (χ2n) is 3.47. The first-order valence-electron chi connectivity index (χ1n) is 4.10. The molecule has 0 radical (unpaired) electrons. The molecule has 0 amide bonds. The van der Waals surface area contributed by atoms with Gasteiger partial charge in [0.2, 0.25) is 0 Å². The van der Waals surface area contributed by atoms with Crippen molar-refractivity contribution in [2.75, 3.05) is 19.8 Å². The predicted molar refractivity (Wildman–Crippen MR) is 37.6 cm³/mol. The molecule has 1 aliphatic heterocycles. The lowest BCUT2D eigenvalue weighted by Gasteiger charge is -2.03. The third-order valence-corrected chi connectivity index (χ3v) is 2.78. The molecule has 0 aromatic carbocycles. The number of ether oxygens (including phenoxy) is 1. The van der Waals surface area contributed by atoms with E-state index < -0.39 is 0 Å². The molecule has 0 aromatic heterocycles. The number of hydrogen-bond acceptors (Lipinski definition) is 2. The Kier molecular flexibility index (Phi) is 1.66. The van der Waals surface area contributed by atoms with Crippen molar-refractivity contribution in [2.45, 2.75) is 12.8 Å². The number of rotatable bonds is 2. The van der Waals surface area contributed by atoms with Crippen LogP contribution >= 0.6 is 0 Å². The smallest absolute Gasteiger partial charge is 0.0497 e. The van der Waals surface area contributed by atoms with Crippen LogP contribution in [0.4, 0.5) is 0 Å². The van der Waals surface area contributed by atoms with Crippen LogP contribution in [0.15, 0.2) is 0 Å². The van der Waals surface area contributed by atoms with Crippen LogP contribution in [-0.2, 0) is 4.74 Å². The molecule has 2 rings (SSSR count). The molecule has 1 N–H and O–H groups in total. The van der Waals surface area contributed by atoms with Gasteiger partial charge < -0.3 is 9.84 Å². The molecule has 2 fully saturated rings. The van der Waals surface area contributed by atoms with Crippen LogP contribution < -0.4 is 0 Å². The van der Waals surface area contributed by atoms with E-state index in [2.05, 4.69) is 0 Å². The summed E-state index contributed by atoms with van der Waals surface area (Å²) >= 11 is 0. The van der Waals surface area contributed by atoms with Crippen LogP contribution in [0.25, 0.3) is 0 Å². The molecule has 1 aliphatic carbocycles. The van der Waals surface area contributed by atoms with E-state index >= 15 is 0 Å². The van der Waals surface area contributed by atoms with Gasteiger partial charge in [0.15, 0.2) is 0 Å². The highest BCUT2D eigenvalue weighted by atomic mass is 16.5. The maximum atomic E-state index is 8.80. The average Bonchev–Trinajstić information content (AvgIpc) is 2.56.